The highest BCUT2D eigenvalue weighted by molar-refractivity contribution is 6.00. The number of hydrogen-bond donors (Lipinski definition) is 2. The van der Waals surface area contributed by atoms with Crippen molar-refractivity contribution in [3.63, 3.8) is 0 Å². The number of aryl methyl sites for hydroxylation is 1. The molecule has 0 radical (unpaired) electrons. The van der Waals surface area contributed by atoms with E-state index in [1.165, 1.54) is 6.07 Å². The fraction of sp³-hybridized carbons (Fsp3) is 0.550. The lowest BCUT2D eigenvalue weighted by Crippen LogP contribution is -2.38. The van der Waals surface area contributed by atoms with Crippen LogP contribution in [0.2, 0.25) is 0 Å². The largest absolute Gasteiger partial charge is 0.367 e. The molecule has 0 spiro atoms. The summed E-state index contributed by atoms with van der Waals surface area (Å²) in [5, 5.41) is 17.3. The molecule has 1 fully saturated rings. The summed E-state index contributed by atoms with van der Waals surface area (Å²) in [7, 11) is 5.25. The number of hydrogen-bond acceptors (Lipinski definition) is 7. The van der Waals surface area contributed by atoms with Crippen LogP contribution < -0.4 is 15.5 Å². The molecular formula is C20H29N7O3. The van der Waals surface area contributed by atoms with E-state index in [0.29, 0.717) is 18.3 Å². The first kappa shape index (κ1) is 21.5. The van der Waals surface area contributed by atoms with Gasteiger partial charge in [0.05, 0.1) is 17.0 Å². The zero-order valence-corrected chi connectivity index (χ0v) is 17.9. The van der Waals surface area contributed by atoms with Gasteiger partial charge in [-0.3, -0.25) is 14.9 Å². The Bertz CT molecular complexity index is 919. The van der Waals surface area contributed by atoms with E-state index >= 15 is 0 Å². The third-order valence-corrected chi connectivity index (χ3v) is 5.67. The van der Waals surface area contributed by atoms with Gasteiger partial charge in [-0.2, -0.15) is 0 Å². The molecule has 10 heteroatoms. The predicted molar refractivity (Wildman–Crippen MR) is 115 cm³/mol. The molecular weight excluding hydrogens is 386 g/mol. The van der Waals surface area contributed by atoms with Crippen molar-refractivity contribution in [2.24, 2.45) is 13.0 Å². The fourth-order valence-electron chi connectivity index (χ4n) is 3.78. The first-order valence-electron chi connectivity index (χ1n) is 10.2. The summed E-state index contributed by atoms with van der Waals surface area (Å²) in [6, 6.07) is 1.38. The normalized spacial score (nSPS) is 18.7. The lowest BCUT2D eigenvalue weighted by Gasteiger charge is -2.28. The van der Waals surface area contributed by atoms with Crippen LogP contribution in [0, 0.1) is 16.0 Å². The van der Waals surface area contributed by atoms with Gasteiger partial charge in [0.15, 0.2) is 0 Å². The van der Waals surface area contributed by atoms with Gasteiger partial charge >= 0.3 is 5.69 Å². The number of pyridine rings is 1. The molecule has 10 nitrogen and oxygen atoms in total. The number of anilines is 2. The maximum Gasteiger partial charge on any atom is 0.312 e. The molecule has 0 bridgehead atoms. The Labute approximate surface area is 175 Å². The molecule has 2 aromatic rings. The summed E-state index contributed by atoms with van der Waals surface area (Å²) in [5.74, 6) is 1.60. The number of nitrogens with zero attached hydrogens (tertiary/aromatic N) is 5. The molecule has 0 saturated heterocycles. The van der Waals surface area contributed by atoms with Crippen molar-refractivity contribution in [2.45, 2.75) is 45.2 Å². The molecule has 0 atom stereocenters. The van der Waals surface area contributed by atoms with Crippen molar-refractivity contribution in [3.8, 4) is 0 Å². The number of nitrogens with one attached hydrogen (secondary N) is 2. The lowest BCUT2D eigenvalue weighted by molar-refractivity contribution is -0.384. The Hall–Kier alpha value is -3.17. The van der Waals surface area contributed by atoms with Gasteiger partial charge < -0.3 is 20.1 Å². The molecule has 1 saturated carbocycles. The summed E-state index contributed by atoms with van der Waals surface area (Å²) < 4.78 is 1.88. The number of nitro groups is 1. The van der Waals surface area contributed by atoms with Crippen molar-refractivity contribution < 1.29 is 9.72 Å². The van der Waals surface area contributed by atoms with Crippen molar-refractivity contribution in [3.05, 3.63) is 40.0 Å². The molecule has 3 rings (SSSR count). The van der Waals surface area contributed by atoms with Gasteiger partial charge in [0.2, 0.25) is 5.82 Å². The average molecular weight is 415 g/mol. The second kappa shape index (κ2) is 9.10. The van der Waals surface area contributed by atoms with Crippen LogP contribution in [-0.2, 0) is 13.6 Å². The average Bonchev–Trinajstić information content (AvgIpc) is 3.12. The van der Waals surface area contributed by atoms with Crippen molar-refractivity contribution in [1.82, 2.24) is 19.9 Å². The summed E-state index contributed by atoms with van der Waals surface area (Å²) in [6.07, 6.45) is 7.49. The Kier molecular flexibility index (Phi) is 6.53. The van der Waals surface area contributed by atoms with Crippen LogP contribution in [0.25, 0.3) is 0 Å². The molecule has 2 N–H and O–H groups in total. The number of carbonyl (C=O) groups is 1. The van der Waals surface area contributed by atoms with Crippen LogP contribution in [-0.4, -0.2) is 45.5 Å². The lowest BCUT2D eigenvalue weighted by atomic mass is 9.87. The SMILES string of the molecule is CNc1nc(N(C)Cc2nccn2C)c(C(=O)N[C@H]2CC[C@H](C)CC2)cc1[N+](=O)[O-]. The summed E-state index contributed by atoms with van der Waals surface area (Å²) in [6.45, 7) is 2.62. The number of rotatable bonds is 7. The third-order valence-electron chi connectivity index (χ3n) is 5.67. The van der Waals surface area contributed by atoms with Gasteiger partial charge in [0.1, 0.15) is 11.6 Å². The Morgan fingerprint density at radius 3 is 2.63 bits per heavy atom. The minimum atomic E-state index is -0.527. The second-order valence-corrected chi connectivity index (χ2v) is 7.98. The van der Waals surface area contributed by atoms with Crippen molar-refractivity contribution in [2.75, 3.05) is 24.3 Å². The van der Waals surface area contributed by atoms with Gasteiger partial charge in [0.25, 0.3) is 5.91 Å². The molecule has 2 aromatic heterocycles. The van der Waals surface area contributed by atoms with E-state index in [9.17, 15) is 14.9 Å². The van der Waals surface area contributed by atoms with E-state index in [1.807, 2.05) is 17.8 Å². The highest BCUT2D eigenvalue weighted by Crippen LogP contribution is 2.31. The maximum absolute atomic E-state index is 13.1. The number of carbonyl (C=O) groups excluding carboxylic acids is 1. The molecule has 0 unspecified atom stereocenters. The van der Waals surface area contributed by atoms with Crippen LogP contribution in [0.3, 0.4) is 0 Å². The number of amides is 1. The second-order valence-electron chi connectivity index (χ2n) is 7.98. The van der Waals surface area contributed by atoms with E-state index < -0.39 is 4.92 Å². The molecule has 0 aromatic carbocycles. The Morgan fingerprint density at radius 1 is 1.37 bits per heavy atom. The topological polar surface area (TPSA) is 118 Å². The molecule has 1 aliphatic rings. The molecule has 2 heterocycles. The number of imidazole rings is 1. The Morgan fingerprint density at radius 2 is 2.07 bits per heavy atom. The van der Waals surface area contributed by atoms with E-state index in [-0.39, 0.29) is 29.0 Å². The standard InChI is InChI=1S/C20H29N7O3/c1-13-5-7-14(8-6-13)23-20(28)15-11-16(27(29)30)18(21-2)24-19(15)26(4)12-17-22-9-10-25(17)3/h9-11,13-14H,5-8,12H2,1-4H3,(H,21,24)(H,23,28)/t13-,14-. The quantitative estimate of drug-likeness (QED) is 0.527. The van der Waals surface area contributed by atoms with Crippen LogP contribution in [0.15, 0.2) is 18.5 Å². The van der Waals surface area contributed by atoms with E-state index in [2.05, 4.69) is 27.5 Å². The van der Waals surface area contributed by atoms with Gasteiger partial charge in [-0.25, -0.2) is 9.97 Å². The molecule has 1 aliphatic carbocycles. The van der Waals surface area contributed by atoms with Crippen LogP contribution in [0.1, 0.15) is 48.8 Å². The molecule has 0 aliphatic heterocycles. The van der Waals surface area contributed by atoms with Gasteiger partial charge in [0, 0.05) is 45.6 Å². The fourth-order valence-corrected chi connectivity index (χ4v) is 3.78. The zero-order valence-electron chi connectivity index (χ0n) is 17.9. The van der Waals surface area contributed by atoms with Crippen LogP contribution in [0.4, 0.5) is 17.3 Å². The molecule has 162 valence electrons. The summed E-state index contributed by atoms with van der Waals surface area (Å²) in [4.78, 5) is 34.6. The molecule has 1 amide bonds. The number of aromatic nitrogens is 3. The Balaban J connectivity index is 1.93. The summed E-state index contributed by atoms with van der Waals surface area (Å²) >= 11 is 0. The predicted octanol–water partition coefficient (Wildman–Crippen LogP) is 2.71. The minimum absolute atomic E-state index is 0.0735. The van der Waals surface area contributed by atoms with E-state index in [4.69, 9.17) is 0 Å². The third kappa shape index (κ3) is 4.69. The maximum atomic E-state index is 13.1. The highest BCUT2D eigenvalue weighted by Gasteiger charge is 2.27. The van der Waals surface area contributed by atoms with Crippen molar-refractivity contribution in [1.29, 1.82) is 0 Å². The minimum Gasteiger partial charge on any atom is -0.367 e. The van der Waals surface area contributed by atoms with E-state index in [1.54, 1.807) is 25.2 Å². The van der Waals surface area contributed by atoms with Gasteiger partial charge in [-0.1, -0.05) is 6.92 Å². The van der Waals surface area contributed by atoms with Gasteiger partial charge in [-0.05, 0) is 31.6 Å². The van der Waals surface area contributed by atoms with E-state index in [0.717, 1.165) is 31.5 Å². The first-order valence-corrected chi connectivity index (χ1v) is 10.2. The van der Waals surface area contributed by atoms with Crippen LogP contribution in [0.5, 0.6) is 0 Å². The monoisotopic (exact) mass is 415 g/mol. The smallest absolute Gasteiger partial charge is 0.312 e. The van der Waals surface area contributed by atoms with Crippen LogP contribution >= 0.6 is 0 Å². The van der Waals surface area contributed by atoms with Crippen molar-refractivity contribution >= 4 is 23.2 Å². The summed E-state index contributed by atoms with van der Waals surface area (Å²) in [5.41, 5.74) is -0.0370. The zero-order chi connectivity index (χ0) is 21.8. The first-order chi connectivity index (χ1) is 14.3. The van der Waals surface area contributed by atoms with Gasteiger partial charge in [-0.15, -0.1) is 0 Å². The highest BCUT2D eigenvalue weighted by atomic mass is 16.6. The molecule has 30 heavy (non-hydrogen) atoms.